The highest BCUT2D eigenvalue weighted by Crippen LogP contribution is 2.38. The average Bonchev–Trinajstić information content (AvgIpc) is 2.62. The summed E-state index contributed by atoms with van der Waals surface area (Å²) in [6, 6.07) is 24.7. The summed E-state index contributed by atoms with van der Waals surface area (Å²) >= 11 is 16.2. The zero-order valence-corrected chi connectivity index (χ0v) is 16.1. The van der Waals surface area contributed by atoms with Gasteiger partial charge < -0.3 is 0 Å². The molecule has 0 nitrogen and oxygen atoms in total. The van der Waals surface area contributed by atoms with Gasteiger partial charge in [0.25, 0.3) is 0 Å². The summed E-state index contributed by atoms with van der Waals surface area (Å²) in [5.74, 6) is 1.79. The zero-order valence-electron chi connectivity index (χ0n) is 12.9. The molecule has 24 heavy (non-hydrogen) atoms. The molecule has 122 valence electrons. The minimum atomic E-state index is 0.713. The number of hydrogen-bond acceptors (Lipinski definition) is 2. The second-order valence-corrected chi connectivity index (χ2v) is 8.11. The van der Waals surface area contributed by atoms with E-state index in [0.717, 1.165) is 21.3 Å². The van der Waals surface area contributed by atoms with Crippen molar-refractivity contribution in [3.63, 3.8) is 0 Å². The molecule has 0 atom stereocenters. The highest BCUT2D eigenvalue weighted by molar-refractivity contribution is 7.99. The Labute approximate surface area is 161 Å². The molecule has 0 spiro atoms. The van der Waals surface area contributed by atoms with Crippen LogP contribution in [-0.2, 0) is 11.5 Å². The van der Waals surface area contributed by atoms with Crippen LogP contribution < -0.4 is 0 Å². The molecular formula is C20H16Cl2S2. The fraction of sp³-hybridized carbons (Fsp3) is 0.100. The molecule has 3 rings (SSSR count). The van der Waals surface area contributed by atoms with Gasteiger partial charge in [0.2, 0.25) is 0 Å². The topological polar surface area (TPSA) is 0 Å². The molecule has 0 saturated carbocycles. The van der Waals surface area contributed by atoms with E-state index in [9.17, 15) is 0 Å². The first-order valence-electron chi connectivity index (χ1n) is 7.55. The molecule has 0 bridgehead atoms. The Bertz CT molecular complexity index is 725. The summed E-state index contributed by atoms with van der Waals surface area (Å²) in [5, 5.41) is 1.43. The molecule has 0 aliphatic heterocycles. The maximum Gasteiger partial charge on any atom is 0.0557 e. The van der Waals surface area contributed by atoms with Crippen LogP contribution in [0, 0.1) is 0 Å². The van der Waals surface area contributed by atoms with Crippen LogP contribution in [0.15, 0.2) is 82.6 Å². The van der Waals surface area contributed by atoms with Crippen LogP contribution in [0.25, 0.3) is 0 Å². The van der Waals surface area contributed by atoms with Gasteiger partial charge in [-0.2, -0.15) is 0 Å². The first kappa shape index (κ1) is 17.8. The van der Waals surface area contributed by atoms with Gasteiger partial charge >= 0.3 is 0 Å². The van der Waals surface area contributed by atoms with E-state index in [0.29, 0.717) is 10.0 Å². The Morgan fingerprint density at radius 2 is 1.00 bits per heavy atom. The molecule has 0 fully saturated rings. The first-order chi connectivity index (χ1) is 11.7. The van der Waals surface area contributed by atoms with E-state index in [1.54, 1.807) is 23.5 Å². The van der Waals surface area contributed by atoms with Crippen molar-refractivity contribution in [2.75, 3.05) is 0 Å². The zero-order chi connectivity index (χ0) is 16.8. The van der Waals surface area contributed by atoms with Crippen molar-refractivity contribution in [3.8, 4) is 0 Å². The van der Waals surface area contributed by atoms with Crippen molar-refractivity contribution in [1.29, 1.82) is 0 Å². The smallest absolute Gasteiger partial charge is 0.0557 e. The third-order valence-electron chi connectivity index (χ3n) is 3.46. The van der Waals surface area contributed by atoms with Gasteiger partial charge in [-0.15, -0.1) is 23.5 Å². The highest BCUT2D eigenvalue weighted by Gasteiger charge is 2.09. The van der Waals surface area contributed by atoms with Gasteiger partial charge in [-0.3, -0.25) is 0 Å². The Morgan fingerprint density at radius 3 is 1.42 bits per heavy atom. The number of halogens is 2. The lowest BCUT2D eigenvalue weighted by molar-refractivity contribution is 1.30. The lowest BCUT2D eigenvalue weighted by Crippen LogP contribution is -1.85. The molecule has 0 aromatic heterocycles. The molecule has 0 aliphatic rings. The monoisotopic (exact) mass is 390 g/mol. The second kappa shape index (κ2) is 8.87. The van der Waals surface area contributed by atoms with Gasteiger partial charge in [0.15, 0.2) is 0 Å². The molecule has 0 N–H and O–H groups in total. The van der Waals surface area contributed by atoms with Crippen LogP contribution in [0.1, 0.15) is 11.1 Å². The molecule has 0 aliphatic carbocycles. The highest BCUT2D eigenvalue weighted by atomic mass is 35.5. The van der Waals surface area contributed by atoms with Crippen LogP contribution in [0.4, 0.5) is 0 Å². The summed E-state index contributed by atoms with van der Waals surface area (Å²) < 4.78 is 0. The van der Waals surface area contributed by atoms with E-state index in [1.807, 2.05) is 18.2 Å². The Morgan fingerprint density at radius 1 is 0.583 bits per heavy atom. The molecule has 0 saturated heterocycles. The van der Waals surface area contributed by atoms with Crippen molar-refractivity contribution in [2.45, 2.75) is 21.3 Å². The quantitative estimate of drug-likeness (QED) is 0.397. The molecule has 0 heterocycles. The predicted octanol–water partition coefficient (Wildman–Crippen LogP) is 7.58. The Hall–Kier alpha value is -1.06. The fourth-order valence-electron chi connectivity index (χ4n) is 2.20. The molecule has 0 radical (unpaired) electrons. The largest absolute Gasteiger partial charge is 0.120 e. The maximum atomic E-state index is 6.37. The summed E-state index contributed by atoms with van der Waals surface area (Å²) in [6.07, 6.45) is 0. The van der Waals surface area contributed by atoms with Gasteiger partial charge in [-0.1, -0.05) is 83.9 Å². The number of benzene rings is 3. The van der Waals surface area contributed by atoms with Gasteiger partial charge in [0, 0.05) is 21.3 Å². The van der Waals surface area contributed by atoms with E-state index in [1.165, 1.54) is 11.1 Å². The van der Waals surface area contributed by atoms with Crippen molar-refractivity contribution in [2.24, 2.45) is 0 Å². The molecule has 3 aromatic carbocycles. The van der Waals surface area contributed by atoms with E-state index in [-0.39, 0.29) is 0 Å². The second-order valence-electron chi connectivity index (χ2n) is 5.26. The van der Waals surface area contributed by atoms with Crippen LogP contribution >= 0.6 is 46.7 Å². The lowest BCUT2D eigenvalue weighted by atomic mass is 10.2. The summed E-state index contributed by atoms with van der Waals surface area (Å²) in [7, 11) is 0. The van der Waals surface area contributed by atoms with Gasteiger partial charge in [0.1, 0.15) is 0 Å². The van der Waals surface area contributed by atoms with Crippen LogP contribution in [0.2, 0.25) is 10.0 Å². The number of thioether (sulfide) groups is 2. The van der Waals surface area contributed by atoms with Crippen molar-refractivity contribution in [1.82, 2.24) is 0 Å². The fourth-order valence-corrected chi connectivity index (χ4v) is 4.81. The third-order valence-corrected chi connectivity index (χ3v) is 6.56. The average molecular weight is 391 g/mol. The lowest BCUT2D eigenvalue weighted by Gasteiger charge is -2.10. The van der Waals surface area contributed by atoms with Crippen molar-refractivity contribution < 1.29 is 0 Å². The van der Waals surface area contributed by atoms with E-state index < -0.39 is 0 Å². The first-order valence-corrected chi connectivity index (χ1v) is 10.3. The molecule has 0 unspecified atom stereocenters. The summed E-state index contributed by atoms with van der Waals surface area (Å²) in [6.45, 7) is 0. The molecule has 3 aromatic rings. The van der Waals surface area contributed by atoms with Gasteiger partial charge in [0.05, 0.1) is 10.0 Å². The SMILES string of the molecule is Clc1cc(Cl)c(SCc2ccccc2)cc1SCc1ccccc1. The number of rotatable bonds is 6. The van der Waals surface area contributed by atoms with Crippen molar-refractivity contribution in [3.05, 3.63) is 94.0 Å². The van der Waals surface area contributed by atoms with Gasteiger partial charge in [-0.05, 0) is 23.3 Å². The Kier molecular flexibility index (Phi) is 6.56. The summed E-state index contributed by atoms with van der Waals surface area (Å²) in [5.41, 5.74) is 2.57. The van der Waals surface area contributed by atoms with E-state index in [2.05, 4.69) is 54.6 Å². The standard InChI is InChI=1S/C20H16Cl2S2/c21-17-11-18(22)20(24-14-16-9-5-2-6-10-16)12-19(17)23-13-15-7-3-1-4-8-15/h1-12H,13-14H2. The van der Waals surface area contributed by atoms with E-state index >= 15 is 0 Å². The van der Waals surface area contributed by atoms with Crippen LogP contribution in [0.3, 0.4) is 0 Å². The molecule has 4 heteroatoms. The molecule has 0 amide bonds. The van der Waals surface area contributed by atoms with Crippen LogP contribution in [0.5, 0.6) is 0 Å². The minimum Gasteiger partial charge on any atom is -0.120 e. The van der Waals surface area contributed by atoms with Gasteiger partial charge in [-0.25, -0.2) is 0 Å². The minimum absolute atomic E-state index is 0.713. The normalized spacial score (nSPS) is 10.8. The maximum absolute atomic E-state index is 6.37. The van der Waals surface area contributed by atoms with E-state index in [4.69, 9.17) is 23.2 Å². The Balaban J connectivity index is 1.71. The summed E-state index contributed by atoms with van der Waals surface area (Å²) in [4.78, 5) is 2.14. The van der Waals surface area contributed by atoms with Crippen LogP contribution in [-0.4, -0.2) is 0 Å². The third kappa shape index (κ3) is 4.97. The molecular weight excluding hydrogens is 375 g/mol. The predicted molar refractivity (Wildman–Crippen MR) is 108 cm³/mol. The number of hydrogen-bond donors (Lipinski definition) is 0. The van der Waals surface area contributed by atoms with Crippen molar-refractivity contribution >= 4 is 46.7 Å².